The first kappa shape index (κ1) is 27.0. The van der Waals surface area contributed by atoms with Crippen LogP contribution in [0.4, 0.5) is 0 Å². The molecule has 0 aromatic heterocycles. The summed E-state index contributed by atoms with van der Waals surface area (Å²) in [6.45, 7) is 3.85. The number of carboxylic acids is 1. The van der Waals surface area contributed by atoms with Gasteiger partial charge in [-0.3, -0.25) is 24.0 Å². The molecule has 1 aromatic carbocycles. The molecule has 2 aliphatic carbocycles. The van der Waals surface area contributed by atoms with Gasteiger partial charge >= 0.3 is 5.97 Å². The fourth-order valence-corrected chi connectivity index (χ4v) is 5.26. The predicted molar refractivity (Wildman–Crippen MR) is 137 cm³/mol. The monoisotopic (exact) mass is 521 g/mol. The van der Waals surface area contributed by atoms with Gasteiger partial charge in [0.1, 0.15) is 18.4 Å². The van der Waals surface area contributed by atoms with Crippen LogP contribution in [0.3, 0.4) is 0 Å². The van der Waals surface area contributed by atoms with Crippen LogP contribution in [-0.4, -0.2) is 70.4 Å². The number of rotatable bonds is 9. The number of aliphatic carboxylic acids is 1. The summed E-state index contributed by atoms with van der Waals surface area (Å²) in [5.41, 5.74) is 3.23. The maximum atomic E-state index is 13.5. The van der Waals surface area contributed by atoms with Crippen LogP contribution in [0.1, 0.15) is 72.2 Å². The number of nitrogens with zero attached hydrogens (tertiary/aromatic N) is 1. The van der Waals surface area contributed by atoms with Crippen LogP contribution < -0.4 is 10.6 Å². The number of aldehydes is 1. The molecule has 1 fully saturated rings. The molecule has 0 spiro atoms. The Morgan fingerprint density at radius 1 is 1.16 bits per heavy atom. The zero-order valence-electron chi connectivity index (χ0n) is 21.4. The van der Waals surface area contributed by atoms with Gasteiger partial charge in [0.05, 0.1) is 12.5 Å². The van der Waals surface area contributed by atoms with Crippen LogP contribution in [0, 0.1) is 5.92 Å². The summed E-state index contributed by atoms with van der Waals surface area (Å²) >= 11 is 0. The summed E-state index contributed by atoms with van der Waals surface area (Å²) in [6, 6.07) is 1.98. The molecule has 3 aliphatic rings. The number of hydrogen-bond donors (Lipinski definition) is 3. The molecule has 200 valence electrons. The normalized spacial score (nSPS) is 19.6. The van der Waals surface area contributed by atoms with Gasteiger partial charge in [0.25, 0.3) is 5.91 Å². The van der Waals surface area contributed by atoms with Gasteiger partial charge in [0.15, 0.2) is 5.78 Å². The molecule has 2 unspecified atom stereocenters. The fraction of sp³-hybridized carbons (Fsp3) is 0.429. The number of carbonyl (C=O) groups excluding carboxylic acids is 5. The van der Waals surface area contributed by atoms with Gasteiger partial charge in [-0.2, -0.15) is 0 Å². The van der Waals surface area contributed by atoms with Gasteiger partial charge in [-0.1, -0.05) is 32.1 Å². The number of amides is 3. The van der Waals surface area contributed by atoms with Crippen molar-refractivity contribution >= 4 is 41.3 Å². The van der Waals surface area contributed by atoms with Crippen LogP contribution >= 0.6 is 0 Å². The quantitative estimate of drug-likeness (QED) is 0.420. The first-order valence-electron chi connectivity index (χ1n) is 12.8. The molecule has 1 aliphatic heterocycles. The predicted octanol–water partition coefficient (Wildman–Crippen LogP) is 1.89. The largest absolute Gasteiger partial charge is 0.481 e. The van der Waals surface area contributed by atoms with E-state index in [0.29, 0.717) is 36.8 Å². The standard InChI is InChI=1S/C28H31N3O7/c1-15(2)24(28(38)31-11-5-8-22(31)27(37)29-17(14-32)13-23(33)34)30-26(36)16-9-10-19-18-6-3-4-7-20(18)25(35)21(19)12-16/h4,7,9-10,12,14-15,17,22,24H,3,5-6,8,11,13H2,1-2H3,(H,29,37)(H,30,36)(H,33,34)/t17?,22-,24?/m0/s1. The molecule has 0 saturated carbocycles. The van der Waals surface area contributed by atoms with Crippen molar-refractivity contribution < 1.29 is 33.9 Å². The van der Waals surface area contributed by atoms with Crippen LogP contribution in [0.5, 0.6) is 0 Å². The van der Waals surface area contributed by atoms with Crippen molar-refractivity contribution in [2.75, 3.05) is 6.54 Å². The zero-order chi connectivity index (χ0) is 27.6. The highest BCUT2D eigenvalue weighted by molar-refractivity contribution is 6.23. The van der Waals surface area contributed by atoms with Crippen molar-refractivity contribution in [3.63, 3.8) is 0 Å². The highest BCUT2D eigenvalue weighted by Crippen LogP contribution is 2.39. The number of benzene rings is 1. The van der Waals surface area contributed by atoms with E-state index in [1.165, 1.54) is 4.90 Å². The van der Waals surface area contributed by atoms with Crippen LogP contribution in [0.2, 0.25) is 0 Å². The van der Waals surface area contributed by atoms with E-state index in [0.717, 1.165) is 24.0 Å². The van der Waals surface area contributed by atoms with E-state index < -0.39 is 48.2 Å². The summed E-state index contributed by atoms with van der Waals surface area (Å²) in [5, 5.41) is 14.1. The molecule has 4 rings (SSSR count). The Labute approximate surface area is 220 Å². The molecule has 1 heterocycles. The Hall–Kier alpha value is -4.08. The van der Waals surface area contributed by atoms with E-state index in [9.17, 15) is 28.8 Å². The number of hydrogen-bond acceptors (Lipinski definition) is 6. The lowest BCUT2D eigenvalue weighted by Gasteiger charge is -2.31. The van der Waals surface area contributed by atoms with Crippen molar-refractivity contribution in [3.05, 3.63) is 52.6 Å². The third kappa shape index (κ3) is 5.29. The smallest absolute Gasteiger partial charge is 0.305 e. The lowest BCUT2D eigenvalue weighted by molar-refractivity contribution is -0.142. The van der Waals surface area contributed by atoms with Crippen LogP contribution in [0.15, 0.2) is 35.9 Å². The Morgan fingerprint density at radius 3 is 2.61 bits per heavy atom. The second-order valence-electron chi connectivity index (χ2n) is 10.2. The molecule has 3 atom stereocenters. The minimum absolute atomic E-state index is 0.112. The average Bonchev–Trinajstić information content (AvgIpc) is 3.49. The molecule has 10 nitrogen and oxygen atoms in total. The molecule has 1 saturated heterocycles. The Kier molecular flexibility index (Phi) is 7.89. The van der Waals surface area contributed by atoms with Crippen molar-refractivity contribution in [3.8, 4) is 0 Å². The van der Waals surface area contributed by atoms with Gasteiger partial charge in [0.2, 0.25) is 11.8 Å². The number of carbonyl (C=O) groups is 6. The Morgan fingerprint density at radius 2 is 1.92 bits per heavy atom. The van der Waals surface area contributed by atoms with E-state index in [1.807, 2.05) is 12.2 Å². The number of carboxylic acid groups (broad SMARTS) is 1. The maximum Gasteiger partial charge on any atom is 0.305 e. The molecule has 0 bridgehead atoms. The summed E-state index contributed by atoms with van der Waals surface area (Å²) in [6.07, 6.45) is 6.13. The van der Waals surface area contributed by atoms with E-state index in [-0.39, 0.29) is 17.3 Å². The molecule has 1 aromatic rings. The molecular formula is C28H31N3O7. The van der Waals surface area contributed by atoms with Crippen molar-refractivity contribution in [2.24, 2.45) is 5.92 Å². The summed E-state index contributed by atoms with van der Waals surface area (Å²) in [7, 11) is 0. The second kappa shape index (κ2) is 11.1. The second-order valence-corrected chi connectivity index (χ2v) is 10.2. The van der Waals surface area contributed by atoms with Crippen molar-refractivity contribution in [2.45, 2.75) is 64.1 Å². The van der Waals surface area contributed by atoms with Gasteiger partial charge in [-0.05, 0) is 54.9 Å². The first-order valence-corrected chi connectivity index (χ1v) is 12.8. The van der Waals surface area contributed by atoms with Gasteiger partial charge in [-0.25, -0.2) is 0 Å². The molecule has 38 heavy (non-hydrogen) atoms. The zero-order valence-corrected chi connectivity index (χ0v) is 21.4. The van der Waals surface area contributed by atoms with Crippen LogP contribution in [-0.2, 0) is 19.2 Å². The van der Waals surface area contributed by atoms with Gasteiger partial charge in [-0.15, -0.1) is 0 Å². The van der Waals surface area contributed by atoms with Crippen molar-refractivity contribution in [1.82, 2.24) is 15.5 Å². The molecule has 10 heteroatoms. The maximum absolute atomic E-state index is 13.5. The summed E-state index contributed by atoms with van der Waals surface area (Å²) < 4.78 is 0. The Balaban J connectivity index is 1.47. The van der Waals surface area contributed by atoms with E-state index >= 15 is 0 Å². The number of fused-ring (bicyclic) bond motifs is 2. The number of Topliss-reactive ketones (excluding diaryl/α,β-unsaturated/α-hetero) is 1. The molecular weight excluding hydrogens is 490 g/mol. The van der Waals surface area contributed by atoms with E-state index in [2.05, 4.69) is 10.6 Å². The summed E-state index contributed by atoms with van der Waals surface area (Å²) in [5.74, 6) is -3.20. The molecule has 0 radical (unpaired) electrons. The minimum atomic E-state index is -1.23. The van der Waals surface area contributed by atoms with Crippen molar-refractivity contribution in [1.29, 1.82) is 0 Å². The lowest BCUT2D eigenvalue weighted by atomic mass is 9.96. The molecule has 3 amide bonds. The van der Waals surface area contributed by atoms with Gasteiger partial charge in [0, 0.05) is 23.2 Å². The Bertz CT molecular complexity index is 1260. The number of allylic oxidation sites excluding steroid dienone is 4. The highest BCUT2D eigenvalue weighted by Gasteiger charge is 2.39. The SMILES string of the molecule is CC(C)C(NC(=O)c1ccc2c(c1)C(=O)C1=C2CCC=C1)C(=O)N1CCC[C@H]1C(=O)NC(C=O)CC(=O)O. The highest BCUT2D eigenvalue weighted by atomic mass is 16.4. The summed E-state index contributed by atoms with van der Waals surface area (Å²) in [4.78, 5) is 75.9. The minimum Gasteiger partial charge on any atom is -0.481 e. The number of ketones is 1. The lowest BCUT2D eigenvalue weighted by Crippen LogP contribution is -2.56. The third-order valence-electron chi connectivity index (χ3n) is 7.21. The van der Waals surface area contributed by atoms with Crippen LogP contribution in [0.25, 0.3) is 5.57 Å². The fourth-order valence-electron chi connectivity index (χ4n) is 5.26. The number of likely N-dealkylation sites (tertiary alicyclic amines) is 1. The first-order chi connectivity index (χ1) is 18.1. The van der Waals surface area contributed by atoms with E-state index in [1.54, 1.807) is 32.0 Å². The molecule has 3 N–H and O–H groups in total. The topological polar surface area (TPSA) is 150 Å². The van der Waals surface area contributed by atoms with Gasteiger partial charge < -0.3 is 25.4 Å². The third-order valence-corrected chi connectivity index (χ3v) is 7.21. The van der Waals surface area contributed by atoms with E-state index in [4.69, 9.17) is 5.11 Å². The average molecular weight is 522 g/mol. The number of nitrogens with one attached hydrogen (secondary N) is 2.